The van der Waals surface area contributed by atoms with Gasteiger partial charge in [-0.15, -0.1) is 0 Å². The van der Waals surface area contributed by atoms with Gasteiger partial charge in [-0.1, -0.05) is 57.6 Å². The molecule has 0 spiro atoms. The Morgan fingerprint density at radius 1 is 0.561 bits per heavy atom. The van der Waals surface area contributed by atoms with Crippen LogP contribution in [0.4, 0.5) is 34.1 Å². The fourth-order valence-electron chi connectivity index (χ4n) is 8.40. The van der Waals surface area contributed by atoms with Gasteiger partial charge in [-0.2, -0.15) is 13.2 Å². The zero-order valence-electron chi connectivity index (χ0n) is 33.8. The average molecular weight is 797 g/mol. The van der Waals surface area contributed by atoms with Crippen molar-refractivity contribution in [3.8, 4) is 0 Å². The fraction of sp³-hybridized carbons (Fsp3) is 0.636. The number of urea groups is 2. The summed E-state index contributed by atoms with van der Waals surface area (Å²) in [4.78, 5) is 57.5. The highest BCUT2D eigenvalue weighted by Gasteiger charge is 2.31. The highest BCUT2D eigenvalue weighted by atomic mass is 19.4. The maximum Gasteiger partial charge on any atom is 0.416 e. The molecule has 2 N–H and O–H groups in total. The van der Waals surface area contributed by atoms with Gasteiger partial charge in [0.15, 0.2) is 0 Å². The summed E-state index contributed by atoms with van der Waals surface area (Å²) in [7, 11) is 0. The Balaban J connectivity index is 0.000000218. The lowest BCUT2D eigenvalue weighted by atomic mass is 10.0. The molecular weight excluding hydrogens is 734 g/mol. The van der Waals surface area contributed by atoms with Gasteiger partial charge in [0.25, 0.3) is 0 Å². The topological polar surface area (TPSA) is 105 Å². The summed E-state index contributed by atoms with van der Waals surface area (Å²) in [5, 5.41) is 5.66. The van der Waals surface area contributed by atoms with Gasteiger partial charge in [0, 0.05) is 76.6 Å². The summed E-state index contributed by atoms with van der Waals surface area (Å²) in [5.74, 6) is 1.51. The Kier molecular flexibility index (Phi) is 16.9. The van der Waals surface area contributed by atoms with E-state index in [1.807, 2.05) is 26.8 Å². The number of hydrogen-bond donors (Lipinski definition) is 2. The van der Waals surface area contributed by atoms with E-state index in [4.69, 9.17) is 0 Å². The first-order chi connectivity index (χ1) is 27.5. The molecule has 13 heteroatoms. The molecule has 0 radical (unpaired) electrons. The number of hydrogen-bond acceptors (Lipinski definition) is 4. The standard InChI is InChI=1S/C24H37N3O2.C20H26F3N3O2/c1-2-3-4-8-20-11-13-22(14-12-20)25-24(29)27-16-7-15-26(17-18-27)23(28)19-21-9-5-6-10-21;21-20(22,23)16-6-8-17(9-7-16)24-19(28)26-11-3-10-25(12-13-26)18(27)14-15-4-1-2-5-15/h11-14,21H,2-10,15-19H2,1H3,(H,25,29);6-9,15H,1-5,10-14H2,(H,24,28). The van der Waals surface area contributed by atoms with Crippen molar-refractivity contribution in [2.45, 2.75) is 116 Å². The van der Waals surface area contributed by atoms with Crippen molar-refractivity contribution < 1.29 is 32.3 Å². The SMILES string of the molecule is CCCCCc1ccc(NC(=O)N2CCCN(C(=O)CC3CCCC3)CC2)cc1.O=C(CC1CCCC1)N1CCCN(C(=O)Nc2ccc(C(F)(F)F)cc2)CC1. The lowest BCUT2D eigenvalue weighted by Gasteiger charge is -2.23. The molecule has 6 rings (SSSR count). The lowest BCUT2D eigenvalue weighted by Crippen LogP contribution is -2.39. The highest BCUT2D eigenvalue weighted by Crippen LogP contribution is 2.31. The van der Waals surface area contributed by atoms with Crippen LogP contribution >= 0.6 is 0 Å². The molecule has 2 aliphatic heterocycles. The number of carbonyl (C=O) groups excluding carboxylic acids is 4. The van der Waals surface area contributed by atoms with Crippen LogP contribution < -0.4 is 10.6 Å². The summed E-state index contributed by atoms with van der Waals surface area (Å²) in [6.45, 7) is 7.00. The first-order valence-electron chi connectivity index (χ1n) is 21.4. The number of nitrogens with one attached hydrogen (secondary N) is 2. The summed E-state index contributed by atoms with van der Waals surface area (Å²) in [6, 6.07) is 12.2. The number of halogens is 3. The summed E-state index contributed by atoms with van der Waals surface area (Å²) in [6.07, 6.45) is 12.8. The molecule has 57 heavy (non-hydrogen) atoms. The minimum Gasteiger partial charge on any atom is -0.341 e. The zero-order chi connectivity index (χ0) is 40.6. The molecule has 0 unspecified atom stereocenters. The molecule has 2 saturated carbocycles. The molecule has 2 aromatic carbocycles. The molecule has 0 atom stereocenters. The lowest BCUT2D eigenvalue weighted by molar-refractivity contribution is -0.137. The Morgan fingerprint density at radius 2 is 0.965 bits per heavy atom. The quantitative estimate of drug-likeness (QED) is 0.234. The van der Waals surface area contributed by atoms with Crippen LogP contribution in [0, 0.1) is 11.8 Å². The number of amides is 6. The van der Waals surface area contributed by atoms with E-state index < -0.39 is 11.7 Å². The Labute approximate surface area is 336 Å². The van der Waals surface area contributed by atoms with Crippen molar-refractivity contribution in [3.63, 3.8) is 0 Å². The van der Waals surface area contributed by atoms with Gasteiger partial charge in [0.1, 0.15) is 0 Å². The number of aryl methyl sites for hydroxylation is 1. The molecule has 4 aliphatic rings. The maximum absolute atomic E-state index is 12.7. The number of anilines is 2. The number of alkyl halides is 3. The van der Waals surface area contributed by atoms with Gasteiger partial charge >= 0.3 is 18.2 Å². The van der Waals surface area contributed by atoms with E-state index in [2.05, 4.69) is 29.7 Å². The average Bonchev–Trinajstić information content (AvgIpc) is 3.77. The van der Waals surface area contributed by atoms with Crippen molar-refractivity contribution in [2.75, 3.05) is 63.0 Å². The van der Waals surface area contributed by atoms with Crippen LogP contribution in [0.15, 0.2) is 48.5 Å². The van der Waals surface area contributed by atoms with Gasteiger partial charge in [-0.3, -0.25) is 9.59 Å². The van der Waals surface area contributed by atoms with Crippen molar-refractivity contribution in [1.29, 1.82) is 0 Å². The van der Waals surface area contributed by atoms with Crippen LogP contribution in [-0.2, 0) is 22.2 Å². The molecule has 0 aromatic heterocycles. The fourth-order valence-corrected chi connectivity index (χ4v) is 8.40. The number of rotatable bonds is 10. The molecule has 10 nitrogen and oxygen atoms in total. The van der Waals surface area contributed by atoms with E-state index in [0.29, 0.717) is 82.6 Å². The monoisotopic (exact) mass is 796 g/mol. The summed E-state index contributed by atoms with van der Waals surface area (Å²) >= 11 is 0. The van der Waals surface area contributed by atoms with E-state index in [0.717, 1.165) is 50.0 Å². The van der Waals surface area contributed by atoms with Crippen molar-refractivity contribution in [1.82, 2.24) is 19.6 Å². The van der Waals surface area contributed by atoms with E-state index in [-0.39, 0.29) is 23.9 Å². The largest absolute Gasteiger partial charge is 0.416 e. The van der Waals surface area contributed by atoms with Gasteiger partial charge in [0.2, 0.25) is 11.8 Å². The second kappa shape index (κ2) is 22.0. The Bertz CT molecular complexity index is 1580. The second-order valence-corrected chi connectivity index (χ2v) is 16.2. The molecule has 0 bridgehead atoms. The molecular formula is C44H63F3N6O4. The summed E-state index contributed by atoms with van der Waals surface area (Å²) in [5.41, 5.74) is 1.73. The van der Waals surface area contributed by atoms with E-state index in [1.54, 1.807) is 4.90 Å². The molecule has 314 valence electrons. The van der Waals surface area contributed by atoms with Crippen molar-refractivity contribution in [2.24, 2.45) is 11.8 Å². The van der Waals surface area contributed by atoms with Crippen molar-refractivity contribution >= 4 is 35.3 Å². The predicted molar refractivity (Wildman–Crippen MR) is 218 cm³/mol. The van der Waals surface area contributed by atoms with E-state index in [9.17, 15) is 32.3 Å². The van der Waals surface area contributed by atoms with Gasteiger partial charge in [-0.25, -0.2) is 9.59 Å². The summed E-state index contributed by atoms with van der Waals surface area (Å²) < 4.78 is 37.9. The number of benzene rings is 2. The third-order valence-corrected chi connectivity index (χ3v) is 11.9. The van der Waals surface area contributed by atoms with Gasteiger partial charge in [-0.05, 0) is 105 Å². The van der Waals surface area contributed by atoms with Gasteiger partial charge in [0.05, 0.1) is 5.56 Å². The smallest absolute Gasteiger partial charge is 0.341 e. The molecule has 2 saturated heterocycles. The molecule has 4 fully saturated rings. The third kappa shape index (κ3) is 14.2. The van der Waals surface area contributed by atoms with E-state index >= 15 is 0 Å². The maximum atomic E-state index is 12.7. The first kappa shape index (κ1) is 43.8. The molecule has 2 heterocycles. The van der Waals surface area contributed by atoms with Crippen LogP contribution in [0.3, 0.4) is 0 Å². The van der Waals surface area contributed by atoms with Crippen LogP contribution in [0.5, 0.6) is 0 Å². The number of unbranched alkanes of at least 4 members (excludes halogenated alkanes) is 2. The Morgan fingerprint density at radius 3 is 1.39 bits per heavy atom. The molecule has 2 aromatic rings. The minimum absolute atomic E-state index is 0.0613. The first-order valence-corrected chi connectivity index (χ1v) is 21.4. The Hall–Kier alpha value is -4.29. The highest BCUT2D eigenvalue weighted by molar-refractivity contribution is 5.90. The van der Waals surface area contributed by atoms with E-state index in [1.165, 1.54) is 75.5 Å². The minimum atomic E-state index is -4.40. The van der Waals surface area contributed by atoms with Crippen LogP contribution in [0.2, 0.25) is 0 Å². The van der Waals surface area contributed by atoms with Crippen molar-refractivity contribution in [3.05, 3.63) is 59.7 Å². The zero-order valence-corrected chi connectivity index (χ0v) is 33.8. The third-order valence-electron chi connectivity index (χ3n) is 11.9. The van der Waals surface area contributed by atoms with Crippen LogP contribution in [0.25, 0.3) is 0 Å². The molecule has 6 amide bonds. The molecule has 2 aliphatic carbocycles. The van der Waals surface area contributed by atoms with Crippen LogP contribution in [0.1, 0.15) is 114 Å². The predicted octanol–water partition coefficient (Wildman–Crippen LogP) is 9.42. The number of nitrogens with zero attached hydrogens (tertiary/aromatic N) is 4. The second-order valence-electron chi connectivity index (χ2n) is 16.2. The van der Waals surface area contributed by atoms with Crippen LogP contribution in [-0.4, -0.2) is 95.8 Å². The normalized spacial score (nSPS) is 18.4. The number of carbonyl (C=O) groups is 4. The van der Waals surface area contributed by atoms with Gasteiger partial charge < -0.3 is 30.2 Å².